The number of benzene rings is 2. The summed E-state index contributed by atoms with van der Waals surface area (Å²) in [6.07, 6.45) is 2.29. The Bertz CT molecular complexity index is 1360. The van der Waals surface area contributed by atoms with Crippen LogP contribution in [0, 0.1) is 0 Å². The molecule has 0 radical (unpaired) electrons. The van der Waals surface area contributed by atoms with Crippen molar-refractivity contribution in [2.45, 2.75) is 32.7 Å². The number of rotatable bonds is 7. The first-order valence-electron chi connectivity index (χ1n) is 10.3. The number of aromatic nitrogens is 2. The van der Waals surface area contributed by atoms with Gasteiger partial charge >= 0.3 is 5.69 Å². The van der Waals surface area contributed by atoms with Crippen molar-refractivity contribution in [2.75, 3.05) is 26.0 Å². The Labute approximate surface area is 186 Å². The van der Waals surface area contributed by atoms with Crippen molar-refractivity contribution in [1.82, 2.24) is 13.9 Å². The van der Waals surface area contributed by atoms with E-state index in [1.54, 1.807) is 10.5 Å². The Kier molecular flexibility index (Phi) is 6.67. The molecule has 0 saturated heterocycles. The number of hydrogen-bond acceptors (Lipinski definition) is 4. The predicted octanol–water partition coefficient (Wildman–Crippen LogP) is 3.32. The molecule has 2 aromatic heterocycles. The minimum atomic E-state index is -0.333. The van der Waals surface area contributed by atoms with E-state index in [1.165, 1.54) is 4.57 Å². The summed E-state index contributed by atoms with van der Waals surface area (Å²) in [5.41, 5.74) is 1.46. The van der Waals surface area contributed by atoms with Gasteiger partial charge in [0.25, 0.3) is 5.56 Å². The molecule has 0 aliphatic carbocycles. The maximum atomic E-state index is 13.3. The van der Waals surface area contributed by atoms with Crippen LogP contribution in [0.3, 0.4) is 0 Å². The van der Waals surface area contributed by atoms with Gasteiger partial charge in [0.05, 0.1) is 16.4 Å². The average Bonchev–Trinajstić information content (AvgIpc) is 3.05. The number of unbranched alkanes of at least 4 members (excludes halogenated alkanes) is 1. The largest absolute Gasteiger partial charge is 0.336 e. The number of halogens is 1. The highest BCUT2D eigenvalue weighted by molar-refractivity contribution is 6.14. The van der Waals surface area contributed by atoms with Crippen molar-refractivity contribution < 1.29 is 4.79 Å². The van der Waals surface area contributed by atoms with E-state index in [-0.39, 0.29) is 29.6 Å². The van der Waals surface area contributed by atoms with Crippen LogP contribution in [-0.4, -0.2) is 40.4 Å². The van der Waals surface area contributed by atoms with Gasteiger partial charge in [0, 0.05) is 36.0 Å². The number of hydrogen-bond donors (Lipinski definition) is 1. The van der Waals surface area contributed by atoms with E-state index < -0.39 is 0 Å². The lowest BCUT2D eigenvalue weighted by Gasteiger charge is -2.12. The Hall–Kier alpha value is -2.90. The molecule has 4 rings (SSSR count). The number of anilines is 1. The molecule has 2 aromatic carbocycles. The van der Waals surface area contributed by atoms with Gasteiger partial charge in [0.15, 0.2) is 0 Å². The maximum absolute atomic E-state index is 13.3. The van der Waals surface area contributed by atoms with E-state index in [2.05, 4.69) is 5.32 Å². The lowest BCUT2D eigenvalue weighted by atomic mass is 10.1. The van der Waals surface area contributed by atoms with Gasteiger partial charge in [-0.1, -0.05) is 25.5 Å². The van der Waals surface area contributed by atoms with Gasteiger partial charge in [-0.25, -0.2) is 4.79 Å². The number of nitrogens with one attached hydrogen (secondary N) is 1. The molecule has 0 atom stereocenters. The van der Waals surface area contributed by atoms with Gasteiger partial charge in [-0.15, -0.1) is 12.4 Å². The van der Waals surface area contributed by atoms with Gasteiger partial charge in [0.1, 0.15) is 0 Å². The van der Waals surface area contributed by atoms with Crippen molar-refractivity contribution in [3.8, 4) is 0 Å². The molecule has 1 N–H and O–H groups in total. The molecule has 0 bridgehead atoms. The Morgan fingerprint density at radius 2 is 1.81 bits per heavy atom. The summed E-state index contributed by atoms with van der Waals surface area (Å²) in [5.74, 6) is -0.0222. The first-order valence-corrected chi connectivity index (χ1v) is 10.3. The summed E-state index contributed by atoms with van der Waals surface area (Å²) in [6.45, 7) is 2.97. The van der Waals surface area contributed by atoms with E-state index in [0.717, 1.165) is 29.1 Å². The summed E-state index contributed by atoms with van der Waals surface area (Å²) in [7, 11) is 3.82. The third-order valence-electron chi connectivity index (χ3n) is 5.50. The number of fused-ring (bicyclic) bond motifs is 3. The van der Waals surface area contributed by atoms with Crippen LogP contribution in [0.5, 0.6) is 0 Å². The van der Waals surface area contributed by atoms with Gasteiger partial charge < -0.3 is 10.2 Å². The molecule has 0 saturated carbocycles. The summed E-state index contributed by atoms with van der Waals surface area (Å²) in [5, 5.41) is 5.14. The van der Waals surface area contributed by atoms with Crippen LogP contribution in [0.4, 0.5) is 5.69 Å². The minimum absolute atomic E-state index is 0. The molecule has 8 heteroatoms. The highest BCUT2D eigenvalue weighted by Crippen LogP contribution is 2.31. The third kappa shape index (κ3) is 4.03. The molecule has 31 heavy (non-hydrogen) atoms. The number of carbonyl (C=O) groups excluding carboxylic acids is 1. The number of para-hydroxylation sites is 1. The van der Waals surface area contributed by atoms with Gasteiger partial charge in [-0.3, -0.25) is 18.6 Å². The molecule has 2 heterocycles. The number of nitrogens with zero attached hydrogens (tertiary/aromatic N) is 3. The zero-order valence-corrected chi connectivity index (χ0v) is 18.8. The first kappa shape index (κ1) is 22.8. The van der Waals surface area contributed by atoms with Crippen molar-refractivity contribution in [2.24, 2.45) is 0 Å². The zero-order chi connectivity index (χ0) is 21.4. The predicted molar refractivity (Wildman–Crippen MR) is 128 cm³/mol. The molecular formula is C23H27ClN4O3. The smallest absolute Gasteiger partial charge is 0.326 e. The Morgan fingerprint density at radius 3 is 2.52 bits per heavy atom. The van der Waals surface area contributed by atoms with E-state index >= 15 is 0 Å². The standard InChI is InChI=1S/C23H26N4O3.ClH/c1-4-5-9-20(28)24-15-10-11-19-18(14-15)16-7-6-8-17-21(16)27(19)23(30)26(22(17)29)13-12-25(2)3;/h6-8,10-11,14H,4-5,9,12-13H2,1-3H3,(H,24,28);1H. The van der Waals surface area contributed by atoms with Crippen LogP contribution in [0.1, 0.15) is 26.2 Å². The van der Waals surface area contributed by atoms with Crippen molar-refractivity contribution in [3.63, 3.8) is 0 Å². The lowest BCUT2D eigenvalue weighted by Crippen LogP contribution is -2.39. The second-order valence-corrected chi connectivity index (χ2v) is 7.96. The molecule has 0 spiro atoms. The monoisotopic (exact) mass is 442 g/mol. The quantitative estimate of drug-likeness (QED) is 0.476. The molecule has 4 aromatic rings. The molecule has 0 fully saturated rings. The molecule has 0 aliphatic rings. The van der Waals surface area contributed by atoms with E-state index in [0.29, 0.717) is 36.1 Å². The van der Waals surface area contributed by atoms with Crippen molar-refractivity contribution in [3.05, 3.63) is 57.2 Å². The maximum Gasteiger partial charge on any atom is 0.336 e. The highest BCUT2D eigenvalue weighted by atomic mass is 35.5. The van der Waals surface area contributed by atoms with Crippen LogP contribution >= 0.6 is 12.4 Å². The fourth-order valence-electron chi connectivity index (χ4n) is 3.93. The topological polar surface area (TPSA) is 75.8 Å². The van der Waals surface area contributed by atoms with E-state index in [4.69, 9.17) is 0 Å². The Morgan fingerprint density at radius 1 is 1.06 bits per heavy atom. The van der Waals surface area contributed by atoms with Crippen LogP contribution in [0.2, 0.25) is 0 Å². The number of amides is 1. The fourth-order valence-corrected chi connectivity index (χ4v) is 3.93. The molecule has 1 amide bonds. The second-order valence-electron chi connectivity index (χ2n) is 7.96. The van der Waals surface area contributed by atoms with E-state index in [1.807, 2.05) is 56.3 Å². The lowest BCUT2D eigenvalue weighted by molar-refractivity contribution is -0.116. The summed E-state index contributed by atoms with van der Waals surface area (Å²) in [6, 6.07) is 11.0. The number of likely N-dealkylation sites (N-methyl/N-ethyl adjacent to an activating group) is 1. The molecule has 0 unspecified atom stereocenters. The van der Waals surface area contributed by atoms with Crippen LogP contribution in [0.25, 0.3) is 27.2 Å². The van der Waals surface area contributed by atoms with Crippen LogP contribution in [0.15, 0.2) is 46.0 Å². The van der Waals surface area contributed by atoms with Gasteiger partial charge in [-0.2, -0.15) is 0 Å². The zero-order valence-electron chi connectivity index (χ0n) is 18.0. The minimum Gasteiger partial charge on any atom is -0.326 e. The molecule has 0 aliphatic heterocycles. The summed E-state index contributed by atoms with van der Waals surface area (Å²) in [4.78, 5) is 40.4. The molecule has 164 valence electrons. The molecule has 7 nitrogen and oxygen atoms in total. The number of carbonyl (C=O) groups is 1. The van der Waals surface area contributed by atoms with Crippen LogP contribution < -0.4 is 16.6 Å². The highest BCUT2D eigenvalue weighted by Gasteiger charge is 2.19. The van der Waals surface area contributed by atoms with E-state index in [9.17, 15) is 14.4 Å². The van der Waals surface area contributed by atoms with Gasteiger partial charge in [0.2, 0.25) is 5.91 Å². The van der Waals surface area contributed by atoms with Crippen molar-refractivity contribution >= 4 is 51.2 Å². The SMILES string of the molecule is CCCCC(=O)Nc1ccc2c(c1)c1cccc3c(=O)n(CCN(C)C)c(=O)n2c31.Cl. The molecular weight excluding hydrogens is 416 g/mol. The van der Waals surface area contributed by atoms with Crippen LogP contribution in [-0.2, 0) is 11.3 Å². The van der Waals surface area contributed by atoms with Crippen molar-refractivity contribution in [1.29, 1.82) is 0 Å². The average molecular weight is 443 g/mol. The summed E-state index contributed by atoms with van der Waals surface area (Å²) < 4.78 is 2.93. The first-order chi connectivity index (χ1) is 14.4. The summed E-state index contributed by atoms with van der Waals surface area (Å²) >= 11 is 0. The fraction of sp³-hybridized carbons (Fsp3) is 0.348. The second kappa shape index (κ2) is 9.08. The third-order valence-corrected chi connectivity index (χ3v) is 5.50. The normalized spacial score (nSPS) is 11.5. The Balaban J connectivity index is 0.00000272. The van der Waals surface area contributed by atoms with Gasteiger partial charge in [-0.05, 0) is 44.8 Å².